The van der Waals surface area contributed by atoms with E-state index in [4.69, 9.17) is 5.73 Å². The van der Waals surface area contributed by atoms with Crippen LogP contribution in [0.4, 0.5) is 5.69 Å². The standard InChI is InChI=1S/C16H30N4O/c1-6-20-11-14(17)15(18-20)16(21)19(9-7-12(2)3)10-8-13(4)5/h11-13H,6-10,17H2,1-5H3. The second kappa shape index (κ2) is 8.05. The molecule has 2 N–H and O–H groups in total. The molecule has 0 saturated heterocycles. The van der Waals surface area contributed by atoms with Gasteiger partial charge in [-0.25, -0.2) is 0 Å². The molecule has 0 saturated carbocycles. The summed E-state index contributed by atoms with van der Waals surface area (Å²) in [5, 5.41) is 4.30. The molecule has 1 rings (SSSR count). The second-order valence-electron chi connectivity index (χ2n) is 6.45. The number of carbonyl (C=O) groups is 1. The quantitative estimate of drug-likeness (QED) is 0.801. The number of aryl methyl sites for hydroxylation is 1. The summed E-state index contributed by atoms with van der Waals surface area (Å²) in [4.78, 5) is 14.6. The van der Waals surface area contributed by atoms with E-state index in [1.807, 2.05) is 11.8 Å². The minimum Gasteiger partial charge on any atom is -0.396 e. The highest BCUT2D eigenvalue weighted by Gasteiger charge is 2.21. The van der Waals surface area contributed by atoms with E-state index in [9.17, 15) is 4.79 Å². The van der Waals surface area contributed by atoms with Crippen molar-refractivity contribution >= 4 is 11.6 Å². The Morgan fingerprint density at radius 3 is 2.14 bits per heavy atom. The van der Waals surface area contributed by atoms with Gasteiger partial charge in [0.2, 0.25) is 0 Å². The zero-order chi connectivity index (χ0) is 16.0. The summed E-state index contributed by atoms with van der Waals surface area (Å²) in [6.45, 7) is 12.9. The maximum absolute atomic E-state index is 12.7. The average Bonchev–Trinajstić information content (AvgIpc) is 2.78. The number of rotatable bonds is 8. The van der Waals surface area contributed by atoms with E-state index in [1.54, 1.807) is 10.9 Å². The number of aromatic nitrogens is 2. The van der Waals surface area contributed by atoms with E-state index >= 15 is 0 Å². The molecule has 0 aliphatic rings. The van der Waals surface area contributed by atoms with E-state index in [0.29, 0.717) is 23.2 Å². The zero-order valence-corrected chi connectivity index (χ0v) is 14.1. The Labute approximate surface area is 128 Å². The maximum Gasteiger partial charge on any atom is 0.276 e. The molecule has 0 aliphatic carbocycles. The fourth-order valence-electron chi connectivity index (χ4n) is 2.06. The highest BCUT2D eigenvalue weighted by Crippen LogP contribution is 2.15. The molecule has 0 unspecified atom stereocenters. The fourth-order valence-corrected chi connectivity index (χ4v) is 2.06. The number of nitrogens with two attached hydrogens (primary N) is 1. The number of nitrogens with zero attached hydrogens (tertiary/aromatic N) is 3. The van der Waals surface area contributed by atoms with Crippen LogP contribution in [0, 0.1) is 11.8 Å². The molecule has 1 amide bonds. The highest BCUT2D eigenvalue weighted by molar-refractivity contribution is 5.97. The first kappa shape index (κ1) is 17.5. The summed E-state index contributed by atoms with van der Waals surface area (Å²) in [5.41, 5.74) is 6.80. The van der Waals surface area contributed by atoms with E-state index < -0.39 is 0 Å². The van der Waals surface area contributed by atoms with E-state index in [2.05, 4.69) is 32.8 Å². The molecule has 5 nitrogen and oxygen atoms in total. The van der Waals surface area contributed by atoms with Gasteiger partial charge in [-0.1, -0.05) is 27.7 Å². The summed E-state index contributed by atoms with van der Waals surface area (Å²) in [5.74, 6) is 1.11. The molecule has 120 valence electrons. The van der Waals surface area contributed by atoms with Gasteiger partial charge in [0.05, 0.1) is 5.69 Å². The molecule has 0 fully saturated rings. The van der Waals surface area contributed by atoms with Crippen LogP contribution in [-0.2, 0) is 6.54 Å². The van der Waals surface area contributed by atoms with Crippen LogP contribution >= 0.6 is 0 Å². The number of amides is 1. The third-order valence-corrected chi connectivity index (χ3v) is 3.56. The van der Waals surface area contributed by atoms with Crippen molar-refractivity contribution in [3.05, 3.63) is 11.9 Å². The zero-order valence-electron chi connectivity index (χ0n) is 14.1. The number of anilines is 1. The summed E-state index contributed by atoms with van der Waals surface area (Å²) in [7, 11) is 0. The second-order valence-corrected chi connectivity index (χ2v) is 6.45. The van der Waals surface area contributed by atoms with Gasteiger partial charge < -0.3 is 10.6 Å². The number of nitrogen functional groups attached to an aromatic ring is 1. The molecule has 21 heavy (non-hydrogen) atoms. The molecule has 0 aromatic carbocycles. The fraction of sp³-hybridized carbons (Fsp3) is 0.750. The van der Waals surface area contributed by atoms with Crippen molar-refractivity contribution in [2.45, 2.75) is 54.0 Å². The largest absolute Gasteiger partial charge is 0.396 e. The summed E-state index contributed by atoms with van der Waals surface area (Å²) >= 11 is 0. The Morgan fingerprint density at radius 2 is 1.76 bits per heavy atom. The Kier molecular flexibility index (Phi) is 6.72. The normalized spacial score (nSPS) is 11.4. The minimum absolute atomic E-state index is 0.0407. The lowest BCUT2D eigenvalue weighted by Gasteiger charge is -2.24. The van der Waals surface area contributed by atoms with Crippen molar-refractivity contribution in [3.8, 4) is 0 Å². The molecule has 1 aromatic rings. The predicted molar refractivity (Wildman–Crippen MR) is 87.1 cm³/mol. The first-order chi connectivity index (χ1) is 9.85. The molecule has 0 spiro atoms. The molecule has 0 aliphatic heterocycles. The number of hydrogen-bond acceptors (Lipinski definition) is 3. The number of hydrogen-bond donors (Lipinski definition) is 1. The van der Waals surface area contributed by atoms with Crippen molar-refractivity contribution < 1.29 is 4.79 Å². The lowest BCUT2D eigenvalue weighted by atomic mass is 10.1. The van der Waals surface area contributed by atoms with Gasteiger partial charge in [0.25, 0.3) is 5.91 Å². The van der Waals surface area contributed by atoms with Gasteiger partial charge in [-0.3, -0.25) is 9.48 Å². The van der Waals surface area contributed by atoms with Gasteiger partial charge in [0.1, 0.15) is 0 Å². The van der Waals surface area contributed by atoms with Gasteiger partial charge in [0, 0.05) is 25.8 Å². The van der Waals surface area contributed by atoms with Crippen LogP contribution in [0.2, 0.25) is 0 Å². The Hall–Kier alpha value is -1.52. The van der Waals surface area contributed by atoms with E-state index in [1.165, 1.54) is 0 Å². The monoisotopic (exact) mass is 294 g/mol. The molecule has 1 aromatic heterocycles. The Balaban J connectivity index is 2.83. The van der Waals surface area contributed by atoms with Crippen molar-refractivity contribution in [2.24, 2.45) is 11.8 Å². The summed E-state index contributed by atoms with van der Waals surface area (Å²) in [6, 6.07) is 0. The number of carbonyl (C=O) groups excluding carboxylic acids is 1. The van der Waals surface area contributed by atoms with Gasteiger partial charge in [-0.15, -0.1) is 0 Å². The van der Waals surface area contributed by atoms with Crippen LogP contribution < -0.4 is 5.73 Å². The topological polar surface area (TPSA) is 64.2 Å². The van der Waals surface area contributed by atoms with Gasteiger partial charge in [0.15, 0.2) is 5.69 Å². The smallest absolute Gasteiger partial charge is 0.276 e. The van der Waals surface area contributed by atoms with Crippen LogP contribution in [0.5, 0.6) is 0 Å². The van der Waals surface area contributed by atoms with Crippen LogP contribution in [0.3, 0.4) is 0 Å². The third-order valence-electron chi connectivity index (χ3n) is 3.56. The average molecular weight is 294 g/mol. The van der Waals surface area contributed by atoms with Gasteiger partial charge in [-0.05, 0) is 31.6 Å². The van der Waals surface area contributed by atoms with Crippen LogP contribution in [-0.4, -0.2) is 33.7 Å². The van der Waals surface area contributed by atoms with Gasteiger partial charge >= 0.3 is 0 Å². The van der Waals surface area contributed by atoms with Crippen molar-refractivity contribution in [3.63, 3.8) is 0 Å². The Morgan fingerprint density at radius 1 is 1.24 bits per heavy atom. The predicted octanol–water partition coefficient (Wildman–Crippen LogP) is 3.02. The maximum atomic E-state index is 12.7. The minimum atomic E-state index is -0.0407. The van der Waals surface area contributed by atoms with Crippen LogP contribution in [0.25, 0.3) is 0 Å². The first-order valence-corrected chi connectivity index (χ1v) is 7.97. The summed E-state index contributed by atoms with van der Waals surface area (Å²) in [6.07, 6.45) is 3.73. The molecular formula is C16H30N4O. The van der Waals surface area contributed by atoms with E-state index in [-0.39, 0.29) is 5.91 Å². The lowest BCUT2D eigenvalue weighted by molar-refractivity contribution is 0.0735. The lowest BCUT2D eigenvalue weighted by Crippen LogP contribution is -2.35. The van der Waals surface area contributed by atoms with E-state index in [0.717, 1.165) is 32.5 Å². The van der Waals surface area contributed by atoms with Gasteiger partial charge in [-0.2, -0.15) is 5.10 Å². The third kappa shape index (κ3) is 5.40. The van der Waals surface area contributed by atoms with Crippen molar-refractivity contribution in [1.82, 2.24) is 14.7 Å². The molecule has 1 heterocycles. The van der Waals surface area contributed by atoms with Crippen LogP contribution in [0.1, 0.15) is 57.9 Å². The highest BCUT2D eigenvalue weighted by atomic mass is 16.2. The van der Waals surface area contributed by atoms with Crippen LogP contribution in [0.15, 0.2) is 6.20 Å². The van der Waals surface area contributed by atoms with Crippen molar-refractivity contribution in [1.29, 1.82) is 0 Å². The SMILES string of the molecule is CCn1cc(N)c(C(=O)N(CCC(C)C)CCC(C)C)n1. The first-order valence-electron chi connectivity index (χ1n) is 7.97. The summed E-state index contributed by atoms with van der Waals surface area (Å²) < 4.78 is 1.71. The molecule has 0 bridgehead atoms. The molecule has 5 heteroatoms. The molecule has 0 radical (unpaired) electrons. The molecule has 0 atom stereocenters. The Bertz CT molecular complexity index is 439. The molecular weight excluding hydrogens is 264 g/mol. The van der Waals surface area contributed by atoms with Crippen molar-refractivity contribution in [2.75, 3.05) is 18.8 Å².